The minimum absolute atomic E-state index is 0.000511. The molecule has 228 valence electrons. The SMILES string of the molecule is CNS(=O)(=O)C[C@H]1CC[C@H](N(C)c2ncnc3c2ccn3COC(=O)Cc2ccccc2Nc2c(Cl)cccc2Cl)CC1. The van der Waals surface area contributed by atoms with Crippen LogP contribution in [-0.2, 0) is 32.7 Å². The summed E-state index contributed by atoms with van der Waals surface area (Å²) in [6, 6.07) is 14.8. The number of carbonyl (C=O) groups excluding carboxylic acids is 1. The lowest BCUT2D eigenvalue weighted by atomic mass is 9.86. The molecule has 2 N–H and O–H groups in total. The number of hydrogen-bond donors (Lipinski definition) is 2. The topological polar surface area (TPSA) is 118 Å². The number of para-hydroxylation sites is 2. The zero-order valence-corrected chi connectivity index (χ0v) is 26.3. The summed E-state index contributed by atoms with van der Waals surface area (Å²) in [5.41, 5.74) is 2.68. The second kappa shape index (κ2) is 13.5. The van der Waals surface area contributed by atoms with E-state index in [4.69, 9.17) is 27.9 Å². The van der Waals surface area contributed by atoms with E-state index in [0.717, 1.165) is 42.5 Å². The molecule has 1 saturated carbocycles. The summed E-state index contributed by atoms with van der Waals surface area (Å²) in [7, 11) is 0.249. The van der Waals surface area contributed by atoms with Crippen molar-refractivity contribution >= 4 is 67.4 Å². The third-order valence-corrected chi connectivity index (χ3v) is 10.1. The Bertz CT molecular complexity index is 1690. The molecule has 1 aliphatic rings. The molecule has 0 atom stereocenters. The molecule has 13 heteroatoms. The Balaban J connectivity index is 1.22. The molecular formula is C30H34Cl2N6O4S. The number of halogens is 2. The molecule has 43 heavy (non-hydrogen) atoms. The zero-order valence-electron chi connectivity index (χ0n) is 24.0. The fourth-order valence-electron chi connectivity index (χ4n) is 5.54. The van der Waals surface area contributed by atoms with Gasteiger partial charge in [0.1, 0.15) is 17.8 Å². The molecule has 0 amide bonds. The molecule has 10 nitrogen and oxygen atoms in total. The molecule has 0 spiro atoms. The molecule has 4 aromatic rings. The lowest BCUT2D eigenvalue weighted by molar-refractivity contribution is -0.146. The van der Waals surface area contributed by atoms with E-state index in [0.29, 0.717) is 27.1 Å². The monoisotopic (exact) mass is 644 g/mol. The Kier molecular flexibility index (Phi) is 9.75. The number of sulfonamides is 1. The Morgan fingerprint density at radius 3 is 2.49 bits per heavy atom. The van der Waals surface area contributed by atoms with Gasteiger partial charge >= 0.3 is 5.97 Å². The summed E-state index contributed by atoms with van der Waals surface area (Å²) in [4.78, 5) is 24.1. The number of nitrogens with one attached hydrogen (secondary N) is 2. The molecule has 0 unspecified atom stereocenters. The maximum Gasteiger partial charge on any atom is 0.312 e. The van der Waals surface area contributed by atoms with Gasteiger partial charge in [-0.25, -0.2) is 23.1 Å². The molecule has 2 heterocycles. The second-order valence-corrected chi connectivity index (χ2v) is 13.5. The standard InChI is InChI=1S/C30H34Cl2N6O4S/c1-33-43(40,41)17-20-10-12-22(13-11-20)37(2)29-23-14-15-38(30(23)35-18-34-29)19-42-27(39)16-21-6-3-4-9-26(21)36-28-24(31)7-5-8-25(28)32/h3-9,14-15,18,20,22,33,36H,10-13,16-17,19H2,1-2H3/t20-,22-. The fraction of sp³-hybridized carbons (Fsp3) is 0.367. The first-order valence-corrected chi connectivity index (χ1v) is 16.4. The number of fused-ring (bicyclic) bond motifs is 1. The van der Waals surface area contributed by atoms with Crippen molar-refractivity contribution < 1.29 is 17.9 Å². The van der Waals surface area contributed by atoms with E-state index in [-0.39, 0.29) is 30.9 Å². The summed E-state index contributed by atoms with van der Waals surface area (Å²) in [5, 5.41) is 5.04. The van der Waals surface area contributed by atoms with Gasteiger partial charge in [-0.3, -0.25) is 9.36 Å². The molecular weight excluding hydrogens is 611 g/mol. The normalized spacial score (nSPS) is 17.1. The van der Waals surface area contributed by atoms with Crippen LogP contribution < -0.4 is 14.9 Å². The van der Waals surface area contributed by atoms with Crippen LogP contribution >= 0.6 is 23.2 Å². The number of rotatable bonds is 11. The molecule has 1 aliphatic carbocycles. The number of benzene rings is 2. The average molecular weight is 646 g/mol. The van der Waals surface area contributed by atoms with E-state index >= 15 is 0 Å². The lowest BCUT2D eigenvalue weighted by Crippen LogP contribution is -2.38. The van der Waals surface area contributed by atoms with Gasteiger partial charge in [0.25, 0.3) is 0 Å². The van der Waals surface area contributed by atoms with Crippen molar-refractivity contribution in [3.05, 3.63) is 76.7 Å². The molecule has 0 aliphatic heterocycles. The first-order valence-electron chi connectivity index (χ1n) is 14.0. The van der Waals surface area contributed by atoms with Gasteiger partial charge in [0.2, 0.25) is 10.0 Å². The highest BCUT2D eigenvalue weighted by Gasteiger charge is 2.28. The van der Waals surface area contributed by atoms with E-state index in [1.54, 1.807) is 22.8 Å². The van der Waals surface area contributed by atoms with Gasteiger partial charge in [-0.1, -0.05) is 47.5 Å². The predicted octanol–water partition coefficient (Wildman–Crippen LogP) is 5.77. The third kappa shape index (κ3) is 7.41. The summed E-state index contributed by atoms with van der Waals surface area (Å²) in [5.74, 6) is 0.709. The highest BCUT2D eigenvalue weighted by atomic mass is 35.5. The number of nitrogens with zero attached hydrogens (tertiary/aromatic N) is 4. The van der Waals surface area contributed by atoms with Gasteiger partial charge in [-0.05, 0) is 68.5 Å². The van der Waals surface area contributed by atoms with Crippen molar-refractivity contribution in [3.63, 3.8) is 0 Å². The maximum absolute atomic E-state index is 12.9. The first-order chi connectivity index (χ1) is 20.6. The van der Waals surface area contributed by atoms with Crippen molar-refractivity contribution in [1.29, 1.82) is 0 Å². The number of hydrogen-bond acceptors (Lipinski definition) is 8. The minimum Gasteiger partial charge on any atom is -0.444 e. The number of carbonyl (C=O) groups is 1. The molecule has 0 bridgehead atoms. The van der Waals surface area contributed by atoms with Crippen LogP contribution in [0.2, 0.25) is 10.0 Å². The van der Waals surface area contributed by atoms with Gasteiger partial charge in [-0.15, -0.1) is 0 Å². The highest BCUT2D eigenvalue weighted by molar-refractivity contribution is 7.89. The summed E-state index contributed by atoms with van der Waals surface area (Å²) >= 11 is 12.6. The summed E-state index contributed by atoms with van der Waals surface area (Å²) in [6.45, 7) is -0.000511. The van der Waals surface area contributed by atoms with Gasteiger partial charge in [0.15, 0.2) is 6.73 Å². The van der Waals surface area contributed by atoms with Crippen LogP contribution in [-0.4, -0.2) is 54.8 Å². The van der Waals surface area contributed by atoms with Crippen molar-refractivity contribution in [2.75, 3.05) is 30.1 Å². The van der Waals surface area contributed by atoms with Crippen LogP contribution in [0.5, 0.6) is 0 Å². The van der Waals surface area contributed by atoms with Crippen molar-refractivity contribution in [1.82, 2.24) is 19.3 Å². The number of esters is 1. The van der Waals surface area contributed by atoms with E-state index < -0.39 is 16.0 Å². The minimum atomic E-state index is -3.22. The molecule has 5 rings (SSSR count). The number of aromatic nitrogens is 3. The van der Waals surface area contributed by atoms with Gasteiger partial charge in [0, 0.05) is 25.0 Å². The van der Waals surface area contributed by atoms with Crippen LogP contribution in [0.1, 0.15) is 31.2 Å². The summed E-state index contributed by atoms with van der Waals surface area (Å²) in [6.07, 6.45) is 6.83. The Labute approximate surface area is 261 Å². The van der Waals surface area contributed by atoms with Crippen LogP contribution in [0.25, 0.3) is 11.0 Å². The summed E-state index contributed by atoms with van der Waals surface area (Å²) < 4.78 is 33.8. The maximum atomic E-state index is 12.9. The van der Waals surface area contributed by atoms with Crippen molar-refractivity contribution in [2.24, 2.45) is 5.92 Å². The van der Waals surface area contributed by atoms with Crippen LogP contribution in [0.4, 0.5) is 17.2 Å². The van der Waals surface area contributed by atoms with Crippen molar-refractivity contribution in [2.45, 2.75) is 44.9 Å². The lowest BCUT2D eigenvalue weighted by Gasteiger charge is -2.35. The van der Waals surface area contributed by atoms with E-state index in [1.807, 2.05) is 43.6 Å². The highest BCUT2D eigenvalue weighted by Crippen LogP contribution is 2.34. The number of ether oxygens (including phenoxy) is 1. The van der Waals surface area contributed by atoms with Crippen molar-refractivity contribution in [3.8, 4) is 0 Å². The van der Waals surface area contributed by atoms with Gasteiger partial charge in [-0.2, -0.15) is 0 Å². The quantitative estimate of drug-likeness (QED) is 0.198. The second-order valence-electron chi connectivity index (χ2n) is 10.7. The predicted molar refractivity (Wildman–Crippen MR) is 171 cm³/mol. The molecule has 2 aromatic carbocycles. The first kappa shape index (κ1) is 31.1. The fourth-order valence-corrected chi connectivity index (χ4v) is 7.15. The Morgan fingerprint density at radius 1 is 1.05 bits per heavy atom. The Morgan fingerprint density at radius 2 is 1.77 bits per heavy atom. The van der Waals surface area contributed by atoms with E-state index in [9.17, 15) is 13.2 Å². The average Bonchev–Trinajstić information content (AvgIpc) is 3.42. The van der Waals surface area contributed by atoms with Crippen LogP contribution in [0, 0.1) is 5.92 Å². The Hall–Kier alpha value is -3.38. The number of anilines is 3. The van der Waals surface area contributed by atoms with Gasteiger partial charge in [0.05, 0.1) is 33.3 Å². The van der Waals surface area contributed by atoms with Crippen LogP contribution in [0.3, 0.4) is 0 Å². The van der Waals surface area contributed by atoms with Gasteiger partial charge < -0.3 is 15.0 Å². The molecule has 1 fully saturated rings. The largest absolute Gasteiger partial charge is 0.444 e. The molecule has 0 saturated heterocycles. The molecule has 0 radical (unpaired) electrons. The third-order valence-electron chi connectivity index (χ3n) is 7.94. The van der Waals surface area contributed by atoms with E-state index in [2.05, 4.69) is 24.9 Å². The molecule has 2 aromatic heterocycles. The van der Waals surface area contributed by atoms with Crippen LogP contribution in [0.15, 0.2) is 61.1 Å². The smallest absolute Gasteiger partial charge is 0.312 e. The van der Waals surface area contributed by atoms with E-state index in [1.165, 1.54) is 13.4 Å². The zero-order chi connectivity index (χ0) is 30.6.